The van der Waals surface area contributed by atoms with Crippen LogP contribution in [0, 0.1) is 18.9 Å². The molecule has 330 valence electrons. The molecule has 0 saturated heterocycles. The van der Waals surface area contributed by atoms with Crippen molar-refractivity contribution in [1.82, 2.24) is 14.5 Å². The van der Waals surface area contributed by atoms with E-state index >= 15 is 0 Å². The Morgan fingerprint density at radius 3 is 2.05 bits per heavy atom. The smallest absolute Gasteiger partial charge is 0.148 e. The Bertz CT molecular complexity index is 3570. The standard InChI is InChI=1S/C59H62N3O.Pt/c1-37(2)29-42-33-47(25-26-48(42)40-17-14-13-15-18-40)62-53-20-16-19-49(54(53)61-56(62)50-35-46(58(7,8)9)36-51(55(50)63)59(10,11)12)43-30-44(32-45(31-43)57(4,5)6)52-34-41(27-28-60-52)39-23-21-38(3)22-24-39;/h13-28,31-37,63H,29H2,1-12H3;/q-1;/i7D3,8D3,9D3,10D3,11D3,12D3;. The molecular formula is C59H62N3OPt-. The molecule has 0 saturated carbocycles. The zero-order chi connectivity index (χ0) is 60.0. The van der Waals surface area contributed by atoms with Crippen molar-refractivity contribution in [2.24, 2.45) is 5.92 Å². The molecule has 0 unspecified atom stereocenters. The van der Waals surface area contributed by atoms with Crippen LogP contribution >= 0.6 is 0 Å². The van der Waals surface area contributed by atoms with Gasteiger partial charge in [0.05, 0.1) is 16.6 Å². The molecule has 2 heterocycles. The molecule has 6 aromatic carbocycles. The van der Waals surface area contributed by atoms with Crippen molar-refractivity contribution in [3.63, 3.8) is 0 Å². The Morgan fingerprint density at radius 1 is 0.656 bits per heavy atom. The average Bonchev–Trinajstić information content (AvgIpc) is 3.78. The van der Waals surface area contributed by atoms with Crippen molar-refractivity contribution in [2.75, 3.05) is 0 Å². The molecule has 0 aliphatic heterocycles. The van der Waals surface area contributed by atoms with Crippen LogP contribution < -0.4 is 0 Å². The number of para-hydroxylation sites is 1. The third-order valence-electron chi connectivity index (χ3n) is 11.4. The first-order valence-corrected chi connectivity index (χ1v) is 21.0. The van der Waals surface area contributed by atoms with E-state index in [1.165, 1.54) is 4.57 Å². The van der Waals surface area contributed by atoms with Gasteiger partial charge in [0.2, 0.25) is 0 Å². The maximum Gasteiger partial charge on any atom is 0.148 e. The molecule has 2 aromatic heterocycles. The van der Waals surface area contributed by atoms with E-state index in [2.05, 4.69) is 6.07 Å². The summed E-state index contributed by atoms with van der Waals surface area (Å²) in [7, 11) is 0. The van der Waals surface area contributed by atoms with Crippen molar-refractivity contribution in [1.29, 1.82) is 0 Å². The van der Waals surface area contributed by atoms with E-state index in [1.54, 1.807) is 30.5 Å². The number of fused-ring (bicyclic) bond motifs is 1. The molecule has 64 heavy (non-hydrogen) atoms. The summed E-state index contributed by atoms with van der Waals surface area (Å²) in [6.45, 7) is -12.3. The molecule has 0 bridgehead atoms. The van der Waals surface area contributed by atoms with Gasteiger partial charge in [-0.1, -0.05) is 177 Å². The van der Waals surface area contributed by atoms with Crippen LogP contribution in [0.1, 0.15) is 128 Å². The van der Waals surface area contributed by atoms with E-state index in [0.29, 0.717) is 40.6 Å². The quantitative estimate of drug-likeness (QED) is 0.154. The summed E-state index contributed by atoms with van der Waals surface area (Å²) >= 11 is 0. The van der Waals surface area contributed by atoms with Gasteiger partial charge in [-0.2, -0.15) is 0 Å². The average molecular weight is 1040 g/mol. The second-order valence-electron chi connectivity index (χ2n) is 17.9. The van der Waals surface area contributed by atoms with Crippen molar-refractivity contribution in [2.45, 2.75) is 105 Å². The molecule has 5 heteroatoms. The molecule has 0 spiro atoms. The van der Waals surface area contributed by atoms with Crippen LogP contribution in [0.2, 0.25) is 0 Å². The zero-order valence-corrected chi connectivity index (χ0v) is 38.9. The van der Waals surface area contributed by atoms with Crippen LogP contribution in [0.25, 0.3) is 72.7 Å². The molecule has 0 amide bonds. The van der Waals surface area contributed by atoms with Gasteiger partial charge in [-0.25, -0.2) is 4.98 Å². The maximum absolute atomic E-state index is 13.0. The molecule has 0 radical (unpaired) electrons. The summed E-state index contributed by atoms with van der Waals surface area (Å²) in [4.78, 5) is 9.94. The molecule has 4 nitrogen and oxygen atoms in total. The summed E-state index contributed by atoms with van der Waals surface area (Å²) in [6.07, 6.45) is 2.23. The minimum Gasteiger partial charge on any atom is -0.507 e. The molecule has 0 aliphatic carbocycles. The van der Waals surface area contributed by atoms with E-state index in [-0.39, 0.29) is 38.0 Å². The Labute approximate surface area is 421 Å². The Morgan fingerprint density at radius 2 is 1.36 bits per heavy atom. The van der Waals surface area contributed by atoms with Gasteiger partial charge in [-0.05, 0) is 99.2 Å². The summed E-state index contributed by atoms with van der Waals surface area (Å²) in [6, 6.07) is 40.6. The minimum atomic E-state index is -4.13. The first-order chi connectivity index (χ1) is 37.3. The fourth-order valence-electron chi connectivity index (χ4n) is 8.08. The second-order valence-corrected chi connectivity index (χ2v) is 17.9. The van der Waals surface area contributed by atoms with Gasteiger partial charge in [0.1, 0.15) is 11.6 Å². The number of aryl methyl sites for hydroxylation is 1. The molecule has 0 atom stereocenters. The van der Waals surface area contributed by atoms with Gasteiger partial charge in [0, 0.05) is 68.9 Å². The summed E-state index contributed by atoms with van der Waals surface area (Å²) < 4.78 is 159. The first-order valence-electron chi connectivity index (χ1n) is 30.0. The van der Waals surface area contributed by atoms with Crippen molar-refractivity contribution in [3.8, 4) is 67.5 Å². The Kier molecular flexibility index (Phi) is 7.88. The number of benzene rings is 6. The SMILES string of the molecule is [2H]C([2H])([2H])C(c1cc(-c2nc3c(-c4[c-]c(-c5cc(-c6ccc(C)cc6)ccn5)cc(C(C)(C)C)c4)cccc3n2-c2ccc(-c3ccccc3)c(CC(C)C)c2)c(O)c(C(C([2H])([2H])[2H])(C([2H])([2H])[2H])C([2H])([2H])[2H])c1)(C([2H])([2H])[2H])C([2H])([2H])[2H].[Pt]. The van der Waals surface area contributed by atoms with Gasteiger partial charge in [0.15, 0.2) is 0 Å². The number of hydrogen-bond acceptors (Lipinski definition) is 3. The molecular weight excluding hydrogens is 962 g/mol. The molecule has 8 aromatic rings. The summed E-state index contributed by atoms with van der Waals surface area (Å²) in [5, 5.41) is 13.0. The molecule has 0 fully saturated rings. The third-order valence-corrected chi connectivity index (χ3v) is 11.4. The third kappa shape index (κ3) is 9.45. The number of rotatable bonds is 8. The van der Waals surface area contributed by atoms with Crippen LogP contribution in [-0.2, 0) is 43.7 Å². The normalized spacial score (nSPS) is 17.5. The van der Waals surface area contributed by atoms with Crippen molar-refractivity contribution in [3.05, 3.63) is 167 Å². The Hall–Kier alpha value is -5.57. The fourth-order valence-corrected chi connectivity index (χ4v) is 8.08. The predicted octanol–water partition coefficient (Wildman–Crippen LogP) is 15.7. The predicted molar refractivity (Wildman–Crippen MR) is 266 cm³/mol. The van der Waals surface area contributed by atoms with Gasteiger partial charge >= 0.3 is 0 Å². The number of phenolic OH excluding ortho intramolecular Hbond substituents is 1. The number of imidazole rings is 1. The van der Waals surface area contributed by atoms with Crippen molar-refractivity contribution >= 4 is 11.0 Å². The van der Waals surface area contributed by atoms with E-state index in [1.807, 2.05) is 133 Å². The second kappa shape index (κ2) is 17.8. The van der Waals surface area contributed by atoms with E-state index in [0.717, 1.165) is 45.0 Å². The Balaban J connectivity index is 0.00000968. The van der Waals surface area contributed by atoms with Gasteiger partial charge < -0.3 is 5.11 Å². The zero-order valence-electron chi connectivity index (χ0n) is 54.6. The molecule has 8 rings (SSSR count). The van der Waals surface area contributed by atoms with Gasteiger partial charge in [-0.3, -0.25) is 9.55 Å². The van der Waals surface area contributed by atoms with E-state index in [4.69, 9.17) is 34.6 Å². The van der Waals surface area contributed by atoms with E-state index in [9.17, 15) is 5.11 Å². The van der Waals surface area contributed by atoms with Gasteiger partial charge in [0.25, 0.3) is 0 Å². The van der Waals surface area contributed by atoms with E-state index < -0.39 is 85.6 Å². The van der Waals surface area contributed by atoms with Crippen LogP contribution in [0.15, 0.2) is 134 Å². The summed E-state index contributed by atoms with van der Waals surface area (Å²) in [5.74, 6) is -1.65. The number of aromatic hydroxyl groups is 1. The topological polar surface area (TPSA) is 50.9 Å². The number of aromatic nitrogens is 3. The van der Waals surface area contributed by atoms with Gasteiger partial charge in [-0.15, -0.1) is 29.3 Å². The number of hydrogen-bond donors (Lipinski definition) is 1. The fraction of sp³-hybridized carbons (Fsp3) is 0.288. The number of pyridine rings is 1. The van der Waals surface area contributed by atoms with Crippen molar-refractivity contribution < 1.29 is 50.8 Å². The number of phenols is 1. The largest absolute Gasteiger partial charge is 0.507 e. The molecule has 0 aliphatic rings. The maximum atomic E-state index is 13.0. The summed E-state index contributed by atoms with van der Waals surface area (Å²) in [5.41, 5.74) is -2.74. The molecule has 1 N–H and O–H groups in total. The van der Waals surface area contributed by atoms with Crippen LogP contribution in [-0.4, -0.2) is 19.6 Å². The first kappa shape index (κ1) is 28.4. The monoisotopic (exact) mass is 1040 g/mol. The minimum absolute atomic E-state index is 0. The van der Waals surface area contributed by atoms with Crippen LogP contribution in [0.5, 0.6) is 5.75 Å². The number of nitrogens with zero attached hydrogens (tertiary/aromatic N) is 3. The van der Waals surface area contributed by atoms with Crippen LogP contribution in [0.3, 0.4) is 0 Å². The van der Waals surface area contributed by atoms with Crippen LogP contribution in [0.4, 0.5) is 0 Å².